The molecule has 0 aliphatic carbocycles. The van der Waals surface area contributed by atoms with Crippen LogP contribution in [0.3, 0.4) is 0 Å². The highest BCUT2D eigenvalue weighted by Crippen LogP contribution is 2.30. The van der Waals surface area contributed by atoms with Crippen LogP contribution in [0.2, 0.25) is 5.02 Å². The smallest absolute Gasteiger partial charge is 0.262 e. The number of hydrogen-bond acceptors (Lipinski definition) is 6. The zero-order valence-corrected chi connectivity index (χ0v) is 19.8. The highest BCUT2D eigenvalue weighted by Gasteiger charge is 2.17. The number of benzene rings is 3. The minimum atomic E-state index is -3.84. The van der Waals surface area contributed by atoms with Crippen molar-refractivity contribution in [3.05, 3.63) is 71.2 Å². The predicted molar refractivity (Wildman–Crippen MR) is 127 cm³/mol. The number of carbonyl (C=O) groups is 1. The lowest BCUT2D eigenvalue weighted by Crippen LogP contribution is -2.20. The van der Waals surface area contributed by atoms with E-state index >= 15 is 0 Å². The van der Waals surface area contributed by atoms with E-state index < -0.39 is 15.9 Å². The summed E-state index contributed by atoms with van der Waals surface area (Å²) >= 11 is 6.20. The van der Waals surface area contributed by atoms with E-state index in [4.69, 9.17) is 25.8 Å². The topological polar surface area (TPSA) is 103 Å². The number of nitrogens with one attached hydrogen (secondary N) is 2. The van der Waals surface area contributed by atoms with Crippen LogP contribution < -0.4 is 24.2 Å². The van der Waals surface area contributed by atoms with E-state index in [0.29, 0.717) is 22.9 Å². The fraction of sp³-hybridized carbons (Fsp3) is 0.174. The maximum absolute atomic E-state index is 12.6. The lowest BCUT2D eigenvalue weighted by Gasteiger charge is -2.12. The van der Waals surface area contributed by atoms with Crippen molar-refractivity contribution >= 4 is 38.9 Å². The molecule has 1 amide bonds. The van der Waals surface area contributed by atoms with Crippen LogP contribution >= 0.6 is 11.6 Å². The summed E-state index contributed by atoms with van der Waals surface area (Å²) in [5.41, 5.74) is 1.94. The summed E-state index contributed by atoms with van der Waals surface area (Å²) in [7, 11) is -0.830. The Morgan fingerprint density at radius 2 is 1.52 bits per heavy atom. The van der Waals surface area contributed by atoms with Crippen molar-refractivity contribution in [2.75, 3.05) is 30.9 Å². The Balaban J connectivity index is 1.63. The van der Waals surface area contributed by atoms with Crippen molar-refractivity contribution in [1.82, 2.24) is 0 Å². The largest absolute Gasteiger partial charge is 0.493 e. The number of ether oxygens (including phenoxy) is 3. The predicted octanol–water partition coefficient (Wildman–Crippen LogP) is 4.48. The average Bonchev–Trinajstić information content (AvgIpc) is 2.79. The molecule has 0 unspecified atom stereocenters. The summed E-state index contributed by atoms with van der Waals surface area (Å²) in [4.78, 5) is 12.2. The number of aryl methyl sites for hydroxylation is 1. The third kappa shape index (κ3) is 6.30. The van der Waals surface area contributed by atoms with E-state index in [1.54, 1.807) is 42.5 Å². The van der Waals surface area contributed by atoms with E-state index in [0.717, 1.165) is 5.56 Å². The first-order valence-electron chi connectivity index (χ1n) is 9.75. The quantitative estimate of drug-likeness (QED) is 0.458. The Bertz CT molecular complexity index is 1250. The molecule has 0 spiro atoms. The lowest BCUT2D eigenvalue weighted by molar-refractivity contribution is -0.118. The van der Waals surface area contributed by atoms with Gasteiger partial charge in [-0.15, -0.1) is 0 Å². The van der Waals surface area contributed by atoms with Crippen molar-refractivity contribution < 1.29 is 27.4 Å². The zero-order chi connectivity index (χ0) is 24.0. The van der Waals surface area contributed by atoms with Gasteiger partial charge in [0.15, 0.2) is 18.1 Å². The Morgan fingerprint density at radius 1 is 0.879 bits per heavy atom. The van der Waals surface area contributed by atoms with E-state index in [2.05, 4.69) is 10.0 Å². The summed E-state index contributed by atoms with van der Waals surface area (Å²) < 4.78 is 43.6. The highest BCUT2D eigenvalue weighted by molar-refractivity contribution is 7.92. The summed E-state index contributed by atoms with van der Waals surface area (Å²) in [6, 6.07) is 15.9. The number of sulfonamides is 1. The van der Waals surface area contributed by atoms with E-state index in [-0.39, 0.29) is 22.3 Å². The molecule has 0 heterocycles. The Labute approximate surface area is 197 Å². The molecule has 10 heteroatoms. The van der Waals surface area contributed by atoms with Gasteiger partial charge >= 0.3 is 0 Å². The molecule has 33 heavy (non-hydrogen) atoms. The van der Waals surface area contributed by atoms with E-state index in [1.165, 1.54) is 32.4 Å². The van der Waals surface area contributed by atoms with Gasteiger partial charge in [0, 0.05) is 17.4 Å². The first-order chi connectivity index (χ1) is 15.7. The number of anilines is 2. The van der Waals surface area contributed by atoms with Crippen molar-refractivity contribution in [3.63, 3.8) is 0 Å². The monoisotopic (exact) mass is 490 g/mol. The Morgan fingerprint density at radius 3 is 2.15 bits per heavy atom. The number of amides is 1. The molecular formula is C23H23ClN2O6S. The average molecular weight is 491 g/mol. The van der Waals surface area contributed by atoms with Crippen molar-refractivity contribution in [2.45, 2.75) is 11.8 Å². The standard InChI is InChI=1S/C23H23ClN2O6S/c1-15-4-6-16(7-5-15)26-33(28,29)18-9-11-20(19(24)13-18)32-14-23(27)25-17-8-10-21(30-2)22(12-17)31-3/h4-13,26H,14H2,1-3H3,(H,25,27). The maximum atomic E-state index is 12.6. The van der Waals surface area contributed by atoms with Gasteiger partial charge in [-0.1, -0.05) is 29.3 Å². The van der Waals surface area contributed by atoms with Gasteiger partial charge in [-0.25, -0.2) is 8.42 Å². The molecule has 0 aromatic heterocycles. The molecule has 0 saturated heterocycles. The summed E-state index contributed by atoms with van der Waals surface area (Å²) in [6.07, 6.45) is 0. The molecule has 3 aromatic rings. The molecule has 0 bridgehead atoms. The van der Waals surface area contributed by atoms with Crippen LogP contribution in [-0.2, 0) is 14.8 Å². The molecule has 0 fully saturated rings. The number of hydrogen-bond donors (Lipinski definition) is 2. The van der Waals surface area contributed by atoms with Gasteiger partial charge in [0.2, 0.25) is 0 Å². The second-order valence-corrected chi connectivity index (χ2v) is 9.06. The fourth-order valence-electron chi connectivity index (χ4n) is 2.86. The minimum Gasteiger partial charge on any atom is -0.493 e. The van der Waals surface area contributed by atoms with Gasteiger partial charge in [0.05, 0.1) is 24.1 Å². The van der Waals surface area contributed by atoms with Crippen LogP contribution in [0, 0.1) is 6.92 Å². The molecular weight excluding hydrogens is 468 g/mol. The van der Waals surface area contributed by atoms with Gasteiger partial charge in [-0.3, -0.25) is 9.52 Å². The molecule has 0 atom stereocenters. The van der Waals surface area contributed by atoms with Crippen molar-refractivity contribution in [3.8, 4) is 17.2 Å². The van der Waals surface area contributed by atoms with Crippen LogP contribution in [0.4, 0.5) is 11.4 Å². The van der Waals surface area contributed by atoms with Crippen LogP contribution in [-0.4, -0.2) is 35.2 Å². The number of halogens is 1. The summed E-state index contributed by atoms with van der Waals surface area (Å²) in [5.74, 6) is 0.741. The highest BCUT2D eigenvalue weighted by atomic mass is 35.5. The van der Waals surface area contributed by atoms with Crippen LogP contribution in [0.25, 0.3) is 0 Å². The SMILES string of the molecule is COc1ccc(NC(=O)COc2ccc(S(=O)(=O)Nc3ccc(C)cc3)cc2Cl)cc1OC. The van der Waals surface area contributed by atoms with Gasteiger partial charge in [-0.05, 0) is 49.4 Å². The van der Waals surface area contributed by atoms with Gasteiger partial charge in [0.25, 0.3) is 15.9 Å². The minimum absolute atomic E-state index is 0.0322. The van der Waals surface area contributed by atoms with Gasteiger partial charge in [-0.2, -0.15) is 0 Å². The Kier molecular flexibility index (Phi) is 7.67. The van der Waals surface area contributed by atoms with Gasteiger partial charge in [0.1, 0.15) is 5.75 Å². The zero-order valence-electron chi connectivity index (χ0n) is 18.2. The van der Waals surface area contributed by atoms with Crippen molar-refractivity contribution in [2.24, 2.45) is 0 Å². The second kappa shape index (κ2) is 10.5. The first-order valence-corrected chi connectivity index (χ1v) is 11.6. The summed E-state index contributed by atoms with van der Waals surface area (Å²) in [6.45, 7) is 1.58. The summed E-state index contributed by atoms with van der Waals surface area (Å²) in [5, 5.41) is 2.73. The molecule has 0 aliphatic heterocycles. The van der Waals surface area contributed by atoms with E-state index in [9.17, 15) is 13.2 Å². The third-order valence-electron chi connectivity index (χ3n) is 4.54. The molecule has 0 radical (unpaired) electrons. The molecule has 2 N–H and O–H groups in total. The van der Waals surface area contributed by atoms with Crippen LogP contribution in [0.1, 0.15) is 5.56 Å². The van der Waals surface area contributed by atoms with Crippen LogP contribution in [0.5, 0.6) is 17.2 Å². The molecule has 0 saturated carbocycles. The molecule has 3 rings (SSSR count). The number of rotatable bonds is 9. The Hall–Kier alpha value is -3.43. The fourth-order valence-corrected chi connectivity index (χ4v) is 4.24. The van der Waals surface area contributed by atoms with Gasteiger partial charge < -0.3 is 19.5 Å². The van der Waals surface area contributed by atoms with Crippen molar-refractivity contribution in [1.29, 1.82) is 0 Å². The molecule has 8 nitrogen and oxygen atoms in total. The maximum Gasteiger partial charge on any atom is 0.262 e. The number of methoxy groups -OCH3 is 2. The first kappa shape index (κ1) is 24.2. The van der Waals surface area contributed by atoms with Crippen LogP contribution in [0.15, 0.2) is 65.6 Å². The van der Waals surface area contributed by atoms with E-state index in [1.807, 2.05) is 6.92 Å². The molecule has 174 valence electrons. The normalized spacial score (nSPS) is 10.9. The molecule has 0 aliphatic rings. The lowest BCUT2D eigenvalue weighted by atomic mass is 10.2. The second-order valence-electron chi connectivity index (χ2n) is 6.97. The number of carbonyl (C=O) groups excluding carboxylic acids is 1. The molecule has 3 aromatic carbocycles. The third-order valence-corrected chi connectivity index (χ3v) is 6.22.